The molecule has 1 amide bonds. The largest absolute Gasteiger partial charge is 0.490 e. The first-order valence-electron chi connectivity index (χ1n) is 9.26. The molecule has 0 saturated heterocycles. The number of amides is 1. The predicted molar refractivity (Wildman–Crippen MR) is 110 cm³/mol. The van der Waals surface area contributed by atoms with Gasteiger partial charge in [-0.15, -0.1) is 12.4 Å². The van der Waals surface area contributed by atoms with E-state index >= 15 is 0 Å². The fourth-order valence-electron chi connectivity index (χ4n) is 2.82. The Bertz CT molecular complexity index is 745. The van der Waals surface area contributed by atoms with E-state index in [-0.39, 0.29) is 36.2 Å². The summed E-state index contributed by atoms with van der Waals surface area (Å²) in [6, 6.07) is 4.49. The summed E-state index contributed by atoms with van der Waals surface area (Å²) in [5, 5.41) is 2.92. The lowest BCUT2D eigenvalue weighted by molar-refractivity contribution is -0.122. The number of sulfonamides is 1. The molecule has 160 valence electrons. The molecule has 10 heteroatoms. The van der Waals surface area contributed by atoms with Crippen LogP contribution >= 0.6 is 12.4 Å². The van der Waals surface area contributed by atoms with Gasteiger partial charge in [0.15, 0.2) is 11.5 Å². The summed E-state index contributed by atoms with van der Waals surface area (Å²) >= 11 is 0. The van der Waals surface area contributed by atoms with Crippen molar-refractivity contribution in [3.05, 3.63) is 18.2 Å². The summed E-state index contributed by atoms with van der Waals surface area (Å²) in [4.78, 5) is 12.2. The molecular weight excluding hydrogens is 406 g/mol. The maximum absolute atomic E-state index is 12.5. The number of hydrogen-bond acceptors (Lipinski definition) is 6. The molecule has 0 saturated carbocycles. The molecular formula is C18H30ClN3O5S. The van der Waals surface area contributed by atoms with Gasteiger partial charge in [0.1, 0.15) is 0 Å². The topological polar surface area (TPSA) is 120 Å². The normalized spacial score (nSPS) is 14.0. The summed E-state index contributed by atoms with van der Waals surface area (Å²) in [6.45, 7) is 5.27. The zero-order valence-electron chi connectivity index (χ0n) is 16.3. The summed E-state index contributed by atoms with van der Waals surface area (Å²) in [5.74, 6) is 0.709. The van der Waals surface area contributed by atoms with Crippen molar-refractivity contribution >= 4 is 28.3 Å². The Balaban J connectivity index is 0.00000392. The van der Waals surface area contributed by atoms with Crippen LogP contribution in [-0.4, -0.2) is 46.2 Å². The molecule has 0 bridgehead atoms. The average Bonchev–Trinajstić information content (AvgIpc) is 2.91. The minimum Gasteiger partial charge on any atom is -0.490 e. The van der Waals surface area contributed by atoms with E-state index in [4.69, 9.17) is 15.2 Å². The van der Waals surface area contributed by atoms with Crippen LogP contribution in [0.15, 0.2) is 23.1 Å². The third-order valence-electron chi connectivity index (χ3n) is 4.82. The van der Waals surface area contributed by atoms with Crippen LogP contribution in [0, 0.1) is 0 Å². The van der Waals surface area contributed by atoms with Crippen LogP contribution in [-0.2, 0) is 14.8 Å². The molecule has 0 atom stereocenters. The third-order valence-corrected chi connectivity index (χ3v) is 6.28. The van der Waals surface area contributed by atoms with Gasteiger partial charge in [-0.25, -0.2) is 13.1 Å². The summed E-state index contributed by atoms with van der Waals surface area (Å²) < 4.78 is 38.4. The number of fused-ring (bicyclic) bond motifs is 1. The molecule has 0 radical (unpaired) electrons. The Morgan fingerprint density at radius 3 is 2.43 bits per heavy atom. The minimum absolute atomic E-state index is 0. The molecule has 0 aromatic heterocycles. The Hall–Kier alpha value is -1.55. The van der Waals surface area contributed by atoms with Crippen LogP contribution in [0.1, 0.15) is 39.5 Å². The van der Waals surface area contributed by atoms with Gasteiger partial charge in [0.25, 0.3) is 0 Å². The van der Waals surface area contributed by atoms with E-state index < -0.39 is 15.6 Å². The van der Waals surface area contributed by atoms with Crippen LogP contribution in [0.2, 0.25) is 0 Å². The van der Waals surface area contributed by atoms with Crippen molar-refractivity contribution < 1.29 is 22.7 Å². The van der Waals surface area contributed by atoms with Crippen molar-refractivity contribution in [1.82, 2.24) is 10.0 Å². The molecule has 0 unspecified atom stereocenters. The number of nitrogens with two attached hydrogens (primary N) is 1. The van der Waals surface area contributed by atoms with Crippen LogP contribution in [0.5, 0.6) is 11.5 Å². The second-order valence-corrected chi connectivity index (χ2v) is 8.31. The lowest BCUT2D eigenvalue weighted by atomic mass is 9.93. The molecule has 1 aromatic rings. The van der Waals surface area contributed by atoms with E-state index in [1.54, 1.807) is 6.07 Å². The van der Waals surface area contributed by atoms with Gasteiger partial charge in [-0.1, -0.05) is 13.8 Å². The average molecular weight is 436 g/mol. The van der Waals surface area contributed by atoms with Crippen molar-refractivity contribution in [3.8, 4) is 11.5 Å². The van der Waals surface area contributed by atoms with E-state index in [1.807, 2.05) is 13.8 Å². The lowest BCUT2D eigenvalue weighted by Gasteiger charge is -2.31. The lowest BCUT2D eigenvalue weighted by Crippen LogP contribution is -2.53. The Morgan fingerprint density at radius 1 is 1.18 bits per heavy atom. The van der Waals surface area contributed by atoms with Gasteiger partial charge in [-0.3, -0.25) is 4.79 Å². The molecule has 1 aliphatic rings. The molecule has 1 aromatic carbocycles. The first kappa shape index (κ1) is 24.5. The van der Waals surface area contributed by atoms with E-state index in [1.165, 1.54) is 12.1 Å². The molecule has 1 aliphatic heterocycles. The number of carbonyl (C=O) groups is 1. The number of benzene rings is 1. The molecule has 0 aliphatic carbocycles. The predicted octanol–water partition coefficient (Wildman–Crippen LogP) is 1.57. The fraction of sp³-hybridized carbons (Fsp3) is 0.611. The SMILES string of the molecule is CCC(CC)(CN)NC(=O)CCNS(=O)(=O)c1ccc2c(c1)OCCCO2.Cl. The zero-order valence-corrected chi connectivity index (χ0v) is 18.0. The highest BCUT2D eigenvalue weighted by atomic mass is 35.5. The fourth-order valence-corrected chi connectivity index (χ4v) is 3.86. The smallest absolute Gasteiger partial charge is 0.240 e. The molecule has 0 fully saturated rings. The number of halogens is 1. The van der Waals surface area contributed by atoms with Crippen molar-refractivity contribution in [1.29, 1.82) is 0 Å². The number of ether oxygens (including phenoxy) is 2. The van der Waals surface area contributed by atoms with Crippen LogP contribution < -0.4 is 25.2 Å². The van der Waals surface area contributed by atoms with Crippen molar-refractivity contribution in [2.75, 3.05) is 26.3 Å². The number of nitrogens with one attached hydrogen (secondary N) is 2. The quantitative estimate of drug-likeness (QED) is 0.541. The maximum atomic E-state index is 12.5. The molecule has 2 rings (SSSR count). The second-order valence-electron chi connectivity index (χ2n) is 6.55. The molecule has 1 heterocycles. The highest BCUT2D eigenvalue weighted by Crippen LogP contribution is 2.31. The summed E-state index contributed by atoms with van der Waals surface area (Å²) in [7, 11) is -3.75. The zero-order chi connectivity index (χ0) is 19.9. The Kier molecular flexibility index (Phi) is 9.49. The highest BCUT2D eigenvalue weighted by Gasteiger charge is 2.26. The van der Waals surface area contributed by atoms with Gasteiger partial charge < -0.3 is 20.5 Å². The van der Waals surface area contributed by atoms with Crippen LogP contribution in [0.4, 0.5) is 0 Å². The monoisotopic (exact) mass is 435 g/mol. The Labute approximate surface area is 173 Å². The van der Waals surface area contributed by atoms with Crippen LogP contribution in [0.3, 0.4) is 0 Å². The summed E-state index contributed by atoms with van der Waals surface area (Å²) in [6.07, 6.45) is 2.21. The van der Waals surface area contributed by atoms with E-state index in [0.29, 0.717) is 44.1 Å². The highest BCUT2D eigenvalue weighted by molar-refractivity contribution is 7.89. The maximum Gasteiger partial charge on any atom is 0.240 e. The number of carbonyl (C=O) groups excluding carboxylic acids is 1. The van der Waals surface area contributed by atoms with Gasteiger partial charge in [-0.05, 0) is 25.0 Å². The van der Waals surface area contributed by atoms with Crippen molar-refractivity contribution in [2.24, 2.45) is 5.73 Å². The van der Waals surface area contributed by atoms with Crippen LogP contribution in [0.25, 0.3) is 0 Å². The third kappa shape index (κ3) is 6.23. The van der Waals surface area contributed by atoms with Crippen molar-refractivity contribution in [3.63, 3.8) is 0 Å². The standard InChI is InChI=1S/C18H29N3O5S.ClH/c1-3-18(4-2,13-19)21-17(22)8-9-20-27(23,24)14-6-7-15-16(12-14)26-11-5-10-25-15;/h6-7,12,20H,3-5,8-11,13,19H2,1-2H3,(H,21,22);1H. The number of rotatable bonds is 9. The first-order chi connectivity index (χ1) is 12.9. The molecule has 28 heavy (non-hydrogen) atoms. The Morgan fingerprint density at radius 2 is 1.82 bits per heavy atom. The number of hydrogen-bond donors (Lipinski definition) is 3. The van der Waals surface area contributed by atoms with Gasteiger partial charge >= 0.3 is 0 Å². The van der Waals surface area contributed by atoms with Gasteiger partial charge in [0, 0.05) is 32.0 Å². The van der Waals surface area contributed by atoms with E-state index in [2.05, 4.69) is 10.0 Å². The summed E-state index contributed by atoms with van der Waals surface area (Å²) in [5.41, 5.74) is 5.33. The van der Waals surface area contributed by atoms with Gasteiger partial charge in [0.05, 0.1) is 23.6 Å². The van der Waals surface area contributed by atoms with Gasteiger partial charge in [0.2, 0.25) is 15.9 Å². The van der Waals surface area contributed by atoms with Crippen molar-refractivity contribution in [2.45, 2.75) is 50.0 Å². The molecule has 8 nitrogen and oxygen atoms in total. The second kappa shape index (κ2) is 10.8. The first-order valence-corrected chi connectivity index (χ1v) is 10.7. The molecule has 0 spiro atoms. The minimum atomic E-state index is -3.75. The van der Waals surface area contributed by atoms with Gasteiger partial charge in [-0.2, -0.15) is 0 Å². The van der Waals surface area contributed by atoms with E-state index in [0.717, 1.165) is 6.42 Å². The van der Waals surface area contributed by atoms with E-state index in [9.17, 15) is 13.2 Å². The molecule has 4 N–H and O–H groups in total.